The first kappa shape index (κ1) is 9.33. The Labute approximate surface area is 93.0 Å². The molecule has 1 aromatic carbocycles. The maximum atomic E-state index is 5.23. The molecule has 1 aliphatic rings. The SMILES string of the molecule is COc1ccc2c(c1)-c1nnnn1CCC2. The predicted molar refractivity (Wildman–Crippen MR) is 58.1 cm³/mol. The summed E-state index contributed by atoms with van der Waals surface area (Å²) >= 11 is 0. The van der Waals surface area contributed by atoms with Gasteiger partial charge in [0.05, 0.1) is 7.11 Å². The number of fused-ring (bicyclic) bond motifs is 3. The van der Waals surface area contributed by atoms with Crippen LogP contribution in [0.2, 0.25) is 0 Å². The Hall–Kier alpha value is -1.91. The van der Waals surface area contributed by atoms with Crippen molar-refractivity contribution >= 4 is 0 Å². The lowest BCUT2D eigenvalue weighted by Crippen LogP contribution is -2.00. The molecule has 0 bridgehead atoms. The van der Waals surface area contributed by atoms with E-state index in [-0.39, 0.29) is 0 Å². The summed E-state index contributed by atoms with van der Waals surface area (Å²) < 4.78 is 7.09. The predicted octanol–water partition coefficient (Wildman–Crippen LogP) is 1.29. The number of benzene rings is 1. The molecule has 0 saturated carbocycles. The summed E-state index contributed by atoms with van der Waals surface area (Å²) in [6.07, 6.45) is 2.11. The average molecular weight is 216 g/mol. The number of aromatic nitrogens is 4. The maximum absolute atomic E-state index is 5.23. The summed E-state index contributed by atoms with van der Waals surface area (Å²) in [5, 5.41) is 11.8. The van der Waals surface area contributed by atoms with Crippen LogP contribution < -0.4 is 4.74 Å². The molecule has 1 aromatic heterocycles. The molecule has 0 N–H and O–H groups in total. The molecule has 3 rings (SSSR count). The minimum Gasteiger partial charge on any atom is -0.497 e. The van der Waals surface area contributed by atoms with Crippen molar-refractivity contribution in [3.8, 4) is 17.1 Å². The van der Waals surface area contributed by atoms with Crippen molar-refractivity contribution in [1.29, 1.82) is 0 Å². The fraction of sp³-hybridized carbons (Fsp3) is 0.364. The van der Waals surface area contributed by atoms with Gasteiger partial charge in [0.1, 0.15) is 5.75 Å². The summed E-state index contributed by atoms with van der Waals surface area (Å²) in [6, 6.07) is 6.08. The smallest absolute Gasteiger partial charge is 0.182 e. The van der Waals surface area contributed by atoms with E-state index in [2.05, 4.69) is 21.6 Å². The Morgan fingerprint density at radius 1 is 1.38 bits per heavy atom. The highest BCUT2D eigenvalue weighted by molar-refractivity contribution is 5.63. The molecule has 0 amide bonds. The Bertz CT molecular complexity index is 520. The molecule has 0 spiro atoms. The molecule has 1 aliphatic heterocycles. The lowest BCUT2D eigenvalue weighted by Gasteiger charge is -2.06. The van der Waals surface area contributed by atoms with E-state index in [1.54, 1.807) is 7.11 Å². The van der Waals surface area contributed by atoms with E-state index in [1.807, 2.05) is 16.8 Å². The highest BCUT2D eigenvalue weighted by Gasteiger charge is 2.17. The second-order valence-corrected chi connectivity index (χ2v) is 3.85. The van der Waals surface area contributed by atoms with Gasteiger partial charge >= 0.3 is 0 Å². The van der Waals surface area contributed by atoms with Crippen molar-refractivity contribution in [2.45, 2.75) is 19.4 Å². The van der Waals surface area contributed by atoms with E-state index >= 15 is 0 Å². The van der Waals surface area contributed by atoms with Crippen molar-refractivity contribution in [2.75, 3.05) is 7.11 Å². The molecule has 0 saturated heterocycles. The largest absolute Gasteiger partial charge is 0.497 e. The van der Waals surface area contributed by atoms with Crippen LogP contribution in [-0.4, -0.2) is 27.3 Å². The summed E-state index contributed by atoms with van der Waals surface area (Å²) in [6.45, 7) is 0.874. The zero-order chi connectivity index (χ0) is 11.0. The first-order valence-corrected chi connectivity index (χ1v) is 5.32. The van der Waals surface area contributed by atoms with Gasteiger partial charge in [-0.1, -0.05) is 6.07 Å². The molecule has 0 atom stereocenters. The van der Waals surface area contributed by atoms with Crippen LogP contribution in [0.1, 0.15) is 12.0 Å². The minimum atomic E-state index is 0.839. The standard InChI is InChI=1S/C11H12N4O/c1-16-9-5-4-8-3-2-6-15-11(10(8)7-9)12-13-14-15/h4-5,7H,2-3,6H2,1H3. The number of nitrogens with zero attached hydrogens (tertiary/aromatic N) is 4. The van der Waals surface area contributed by atoms with Crippen molar-refractivity contribution in [1.82, 2.24) is 20.2 Å². The van der Waals surface area contributed by atoms with Crippen LogP contribution >= 0.6 is 0 Å². The Kier molecular flexibility index (Phi) is 2.09. The summed E-state index contributed by atoms with van der Waals surface area (Å²) in [7, 11) is 1.67. The van der Waals surface area contributed by atoms with Gasteiger partial charge < -0.3 is 4.74 Å². The molecule has 0 aliphatic carbocycles. The maximum Gasteiger partial charge on any atom is 0.182 e. The molecular weight excluding hydrogens is 204 g/mol. The molecule has 0 radical (unpaired) electrons. The van der Waals surface area contributed by atoms with Crippen LogP contribution in [0.25, 0.3) is 11.4 Å². The number of methoxy groups -OCH3 is 1. The van der Waals surface area contributed by atoms with E-state index in [0.717, 1.165) is 36.5 Å². The molecule has 0 fully saturated rings. The van der Waals surface area contributed by atoms with Gasteiger partial charge in [0.25, 0.3) is 0 Å². The Morgan fingerprint density at radius 3 is 3.19 bits per heavy atom. The van der Waals surface area contributed by atoms with Gasteiger partial charge in [-0.3, -0.25) is 0 Å². The molecule has 5 heteroatoms. The molecule has 0 unspecified atom stereocenters. The van der Waals surface area contributed by atoms with Gasteiger partial charge in [-0.2, -0.15) is 0 Å². The average Bonchev–Trinajstić information content (AvgIpc) is 2.71. The first-order valence-electron chi connectivity index (χ1n) is 5.32. The highest BCUT2D eigenvalue weighted by Crippen LogP contribution is 2.29. The zero-order valence-electron chi connectivity index (χ0n) is 9.05. The van der Waals surface area contributed by atoms with Crippen LogP contribution in [-0.2, 0) is 13.0 Å². The van der Waals surface area contributed by atoms with E-state index in [4.69, 9.17) is 4.74 Å². The third-order valence-electron chi connectivity index (χ3n) is 2.91. The Morgan fingerprint density at radius 2 is 2.31 bits per heavy atom. The number of hydrogen-bond donors (Lipinski definition) is 0. The van der Waals surface area contributed by atoms with Crippen LogP contribution in [0.15, 0.2) is 18.2 Å². The van der Waals surface area contributed by atoms with E-state index in [1.165, 1.54) is 5.56 Å². The van der Waals surface area contributed by atoms with Crippen molar-refractivity contribution in [2.24, 2.45) is 0 Å². The monoisotopic (exact) mass is 216 g/mol. The molecule has 5 nitrogen and oxygen atoms in total. The highest BCUT2D eigenvalue weighted by atomic mass is 16.5. The number of aryl methyl sites for hydroxylation is 2. The van der Waals surface area contributed by atoms with Crippen LogP contribution in [0.5, 0.6) is 5.75 Å². The normalized spacial score (nSPS) is 13.8. The summed E-state index contributed by atoms with van der Waals surface area (Å²) in [5.41, 5.74) is 2.37. The fourth-order valence-corrected chi connectivity index (χ4v) is 2.08. The number of tetrazole rings is 1. The zero-order valence-corrected chi connectivity index (χ0v) is 9.05. The fourth-order valence-electron chi connectivity index (χ4n) is 2.08. The summed E-state index contributed by atoms with van der Waals surface area (Å²) in [4.78, 5) is 0. The van der Waals surface area contributed by atoms with Gasteiger partial charge in [0.2, 0.25) is 0 Å². The number of hydrogen-bond acceptors (Lipinski definition) is 4. The number of ether oxygens (including phenoxy) is 1. The molecule has 2 aromatic rings. The van der Waals surface area contributed by atoms with Gasteiger partial charge in [-0.05, 0) is 41.0 Å². The molecule has 2 heterocycles. The van der Waals surface area contributed by atoms with Crippen LogP contribution in [0.3, 0.4) is 0 Å². The van der Waals surface area contributed by atoms with Gasteiger partial charge in [0, 0.05) is 12.1 Å². The van der Waals surface area contributed by atoms with Crippen molar-refractivity contribution < 1.29 is 4.74 Å². The van der Waals surface area contributed by atoms with E-state index < -0.39 is 0 Å². The van der Waals surface area contributed by atoms with Crippen molar-refractivity contribution in [3.05, 3.63) is 23.8 Å². The second kappa shape index (κ2) is 3.59. The third kappa shape index (κ3) is 1.36. The molecular formula is C11H12N4O. The topological polar surface area (TPSA) is 52.8 Å². The first-order chi connectivity index (χ1) is 7.88. The number of rotatable bonds is 1. The van der Waals surface area contributed by atoms with E-state index in [9.17, 15) is 0 Å². The quantitative estimate of drug-likeness (QED) is 0.721. The third-order valence-corrected chi connectivity index (χ3v) is 2.91. The molecule has 16 heavy (non-hydrogen) atoms. The van der Waals surface area contributed by atoms with Gasteiger partial charge in [-0.25, -0.2) is 4.68 Å². The van der Waals surface area contributed by atoms with Gasteiger partial charge in [-0.15, -0.1) is 5.10 Å². The summed E-state index contributed by atoms with van der Waals surface area (Å²) in [5.74, 6) is 1.68. The lowest BCUT2D eigenvalue weighted by molar-refractivity contribution is 0.415. The van der Waals surface area contributed by atoms with E-state index in [0.29, 0.717) is 0 Å². The van der Waals surface area contributed by atoms with Crippen LogP contribution in [0.4, 0.5) is 0 Å². The molecule has 82 valence electrons. The van der Waals surface area contributed by atoms with Gasteiger partial charge in [0.15, 0.2) is 5.82 Å². The lowest BCUT2D eigenvalue weighted by atomic mass is 10.0. The second-order valence-electron chi connectivity index (χ2n) is 3.85. The Balaban J connectivity index is 2.21. The van der Waals surface area contributed by atoms with Crippen LogP contribution in [0, 0.1) is 0 Å². The van der Waals surface area contributed by atoms with Crippen molar-refractivity contribution in [3.63, 3.8) is 0 Å². The minimum absolute atomic E-state index is 0.839.